The fraction of sp³-hybridized carbons (Fsp3) is 1.00. The summed E-state index contributed by atoms with van der Waals surface area (Å²) in [4.78, 5) is 6.83. The van der Waals surface area contributed by atoms with Crippen LogP contribution in [0.2, 0.25) is 0 Å². The zero-order valence-corrected chi connectivity index (χ0v) is 12.0. The fourth-order valence-electron chi connectivity index (χ4n) is 1.25. The molecule has 0 amide bonds. The van der Waals surface area contributed by atoms with Crippen LogP contribution in [0.25, 0.3) is 0 Å². The molecule has 0 radical (unpaired) electrons. The number of hydrogen-bond acceptors (Lipinski definition) is 4. The van der Waals surface area contributed by atoms with Gasteiger partial charge in [-0.25, -0.2) is 0 Å². The molecule has 0 saturated carbocycles. The van der Waals surface area contributed by atoms with Crippen LogP contribution in [-0.2, 0) is 0 Å². The first-order valence-corrected chi connectivity index (χ1v) is 6.14. The van der Waals surface area contributed by atoms with E-state index in [0.29, 0.717) is 6.04 Å². The van der Waals surface area contributed by atoms with Crippen LogP contribution in [-0.4, -0.2) is 88.7 Å². The Labute approximate surface area is 102 Å². The van der Waals surface area contributed by atoms with Crippen molar-refractivity contribution in [1.82, 2.24) is 20.0 Å². The summed E-state index contributed by atoms with van der Waals surface area (Å²) in [5.41, 5.74) is 0. The molecule has 0 saturated heterocycles. The summed E-state index contributed by atoms with van der Waals surface area (Å²) < 4.78 is 0. The number of nitrogens with zero attached hydrogens (tertiary/aromatic N) is 3. The molecule has 0 aromatic heterocycles. The van der Waals surface area contributed by atoms with E-state index in [2.05, 4.69) is 62.2 Å². The Balaban J connectivity index is 3.37. The molecule has 1 N–H and O–H groups in total. The second kappa shape index (κ2) is 8.93. The molecule has 0 fully saturated rings. The Morgan fingerprint density at radius 3 is 2.06 bits per heavy atom. The normalized spacial score (nSPS) is 14.1. The van der Waals surface area contributed by atoms with Crippen LogP contribution in [0.15, 0.2) is 0 Å². The predicted molar refractivity (Wildman–Crippen MR) is 72.1 cm³/mol. The average Bonchev–Trinajstić information content (AvgIpc) is 2.20. The minimum absolute atomic E-state index is 0.604. The lowest BCUT2D eigenvalue weighted by Crippen LogP contribution is -2.39. The zero-order valence-electron chi connectivity index (χ0n) is 12.0. The lowest BCUT2D eigenvalue weighted by atomic mass is 10.3. The highest BCUT2D eigenvalue weighted by molar-refractivity contribution is 4.64. The van der Waals surface area contributed by atoms with Crippen LogP contribution in [0.5, 0.6) is 0 Å². The van der Waals surface area contributed by atoms with Crippen LogP contribution in [0.4, 0.5) is 0 Å². The van der Waals surface area contributed by atoms with Crippen molar-refractivity contribution in [3.8, 4) is 0 Å². The van der Waals surface area contributed by atoms with Gasteiger partial charge in [0.25, 0.3) is 0 Å². The largest absolute Gasteiger partial charge is 0.314 e. The van der Waals surface area contributed by atoms with E-state index in [1.807, 2.05) is 0 Å². The maximum atomic E-state index is 3.49. The third kappa shape index (κ3) is 9.09. The minimum Gasteiger partial charge on any atom is -0.314 e. The van der Waals surface area contributed by atoms with Gasteiger partial charge in [0.2, 0.25) is 0 Å². The molecule has 0 aliphatic heterocycles. The van der Waals surface area contributed by atoms with Crippen LogP contribution in [0, 0.1) is 0 Å². The number of likely N-dealkylation sites (N-methyl/N-ethyl adjacent to an activating group) is 3. The summed E-state index contributed by atoms with van der Waals surface area (Å²) in [7, 11) is 10.7. The van der Waals surface area contributed by atoms with Crippen molar-refractivity contribution in [3.63, 3.8) is 0 Å². The van der Waals surface area contributed by atoms with Gasteiger partial charge in [-0.15, -0.1) is 0 Å². The summed E-state index contributed by atoms with van der Waals surface area (Å²) in [6, 6.07) is 0.604. The van der Waals surface area contributed by atoms with Gasteiger partial charge in [0.05, 0.1) is 0 Å². The van der Waals surface area contributed by atoms with Gasteiger partial charge < -0.3 is 20.0 Å². The molecule has 0 aromatic rings. The van der Waals surface area contributed by atoms with Gasteiger partial charge in [-0.2, -0.15) is 0 Å². The van der Waals surface area contributed by atoms with Crippen LogP contribution >= 0.6 is 0 Å². The van der Waals surface area contributed by atoms with E-state index in [9.17, 15) is 0 Å². The zero-order chi connectivity index (χ0) is 12.6. The van der Waals surface area contributed by atoms with Gasteiger partial charge in [0.1, 0.15) is 0 Å². The third-order valence-corrected chi connectivity index (χ3v) is 2.92. The van der Waals surface area contributed by atoms with E-state index < -0.39 is 0 Å². The summed E-state index contributed by atoms with van der Waals surface area (Å²) in [6.07, 6.45) is 0. The number of rotatable bonds is 9. The Hall–Kier alpha value is -0.160. The van der Waals surface area contributed by atoms with Crippen LogP contribution in [0.1, 0.15) is 6.92 Å². The molecule has 0 rings (SSSR count). The highest BCUT2D eigenvalue weighted by atomic mass is 15.2. The minimum atomic E-state index is 0.604. The Kier molecular flexibility index (Phi) is 8.84. The lowest BCUT2D eigenvalue weighted by Gasteiger charge is -2.22. The van der Waals surface area contributed by atoms with Gasteiger partial charge in [0, 0.05) is 38.8 Å². The molecule has 0 heterocycles. The molecule has 0 bridgehead atoms. The average molecular weight is 230 g/mol. The van der Waals surface area contributed by atoms with Gasteiger partial charge in [-0.3, -0.25) is 0 Å². The van der Waals surface area contributed by atoms with Crippen molar-refractivity contribution < 1.29 is 0 Å². The first kappa shape index (κ1) is 15.8. The summed E-state index contributed by atoms with van der Waals surface area (Å²) >= 11 is 0. The monoisotopic (exact) mass is 230 g/mol. The van der Waals surface area contributed by atoms with E-state index >= 15 is 0 Å². The maximum Gasteiger partial charge on any atom is 0.0186 e. The molecule has 0 aromatic carbocycles. The smallest absolute Gasteiger partial charge is 0.0186 e. The van der Waals surface area contributed by atoms with Crippen molar-refractivity contribution in [2.24, 2.45) is 0 Å². The quantitative estimate of drug-likeness (QED) is 0.564. The highest BCUT2D eigenvalue weighted by Gasteiger charge is 2.03. The molecule has 1 unspecified atom stereocenters. The molecule has 4 nitrogen and oxygen atoms in total. The summed E-state index contributed by atoms with van der Waals surface area (Å²) in [5.74, 6) is 0. The Bertz CT molecular complexity index is 159. The summed E-state index contributed by atoms with van der Waals surface area (Å²) in [5, 5.41) is 3.49. The van der Waals surface area contributed by atoms with Crippen LogP contribution in [0.3, 0.4) is 0 Å². The molecular formula is C12H30N4. The first-order chi connectivity index (χ1) is 7.43. The van der Waals surface area contributed by atoms with Crippen molar-refractivity contribution >= 4 is 0 Å². The standard InChI is InChI=1S/C12H30N4/c1-12(15(4)5)11-13-7-8-16(6)10-9-14(2)3/h12-13H,7-11H2,1-6H3. The highest BCUT2D eigenvalue weighted by Crippen LogP contribution is 1.88. The number of nitrogens with one attached hydrogen (secondary N) is 1. The fourth-order valence-corrected chi connectivity index (χ4v) is 1.25. The van der Waals surface area contributed by atoms with Crippen molar-refractivity contribution in [2.45, 2.75) is 13.0 Å². The number of hydrogen-bond donors (Lipinski definition) is 1. The van der Waals surface area contributed by atoms with Crippen molar-refractivity contribution in [3.05, 3.63) is 0 Å². The van der Waals surface area contributed by atoms with Crippen LogP contribution < -0.4 is 5.32 Å². The van der Waals surface area contributed by atoms with Crippen molar-refractivity contribution in [1.29, 1.82) is 0 Å². The Morgan fingerprint density at radius 1 is 0.938 bits per heavy atom. The van der Waals surface area contributed by atoms with Gasteiger partial charge in [-0.1, -0.05) is 0 Å². The molecule has 16 heavy (non-hydrogen) atoms. The molecular weight excluding hydrogens is 200 g/mol. The van der Waals surface area contributed by atoms with E-state index in [1.54, 1.807) is 0 Å². The molecule has 0 aliphatic carbocycles. The predicted octanol–water partition coefficient (Wildman–Crippen LogP) is 0.0195. The molecule has 0 aliphatic rings. The topological polar surface area (TPSA) is 21.8 Å². The van der Waals surface area contributed by atoms with E-state index in [1.165, 1.54) is 0 Å². The van der Waals surface area contributed by atoms with E-state index in [4.69, 9.17) is 0 Å². The van der Waals surface area contributed by atoms with E-state index in [-0.39, 0.29) is 0 Å². The third-order valence-electron chi connectivity index (χ3n) is 2.92. The SMILES string of the molecule is CC(CNCCN(C)CCN(C)C)N(C)C. The molecule has 1 atom stereocenters. The maximum absolute atomic E-state index is 3.49. The molecule has 4 heteroatoms. The Morgan fingerprint density at radius 2 is 1.56 bits per heavy atom. The lowest BCUT2D eigenvalue weighted by molar-refractivity contribution is 0.270. The van der Waals surface area contributed by atoms with Gasteiger partial charge >= 0.3 is 0 Å². The molecule has 98 valence electrons. The van der Waals surface area contributed by atoms with E-state index in [0.717, 1.165) is 32.7 Å². The summed E-state index contributed by atoms with van der Waals surface area (Å²) in [6.45, 7) is 7.76. The van der Waals surface area contributed by atoms with Gasteiger partial charge in [-0.05, 0) is 42.2 Å². The van der Waals surface area contributed by atoms with Crippen molar-refractivity contribution in [2.75, 3.05) is 68.0 Å². The second-order valence-corrected chi connectivity index (χ2v) is 5.12. The second-order valence-electron chi connectivity index (χ2n) is 5.12. The molecule has 0 spiro atoms. The first-order valence-electron chi connectivity index (χ1n) is 6.14. The van der Waals surface area contributed by atoms with Gasteiger partial charge in [0.15, 0.2) is 0 Å².